The maximum atomic E-state index is 13.4. The van der Waals surface area contributed by atoms with Gasteiger partial charge in [0.15, 0.2) is 5.76 Å². The van der Waals surface area contributed by atoms with Crippen molar-refractivity contribution in [1.29, 1.82) is 0 Å². The first-order chi connectivity index (χ1) is 18.0. The van der Waals surface area contributed by atoms with Crippen LogP contribution in [-0.2, 0) is 0 Å². The van der Waals surface area contributed by atoms with Gasteiger partial charge in [-0.25, -0.2) is 9.78 Å². The van der Waals surface area contributed by atoms with Crippen molar-refractivity contribution in [2.45, 2.75) is 0 Å². The molecule has 0 radical (unpaired) electrons. The summed E-state index contributed by atoms with van der Waals surface area (Å²) >= 11 is 6.09. The maximum Gasteiger partial charge on any atom is 0.337 e. The number of furan rings is 2. The highest BCUT2D eigenvalue weighted by Gasteiger charge is 2.17. The molecule has 180 valence electrons. The van der Waals surface area contributed by atoms with Crippen LogP contribution in [0.4, 0.5) is 0 Å². The van der Waals surface area contributed by atoms with E-state index < -0.39 is 5.97 Å². The van der Waals surface area contributed by atoms with E-state index in [0.717, 1.165) is 5.39 Å². The molecular weight excluding hydrogens is 494 g/mol. The van der Waals surface area contributed by atoms with Gasteiger partial charge in [0, 0.05) is 10.9 Å². The lowest BCUT2D eigenvalue weighted by molar-refractivity contribution is 0.0697. The van der Waals surface area contributed by atoms with Gasteiger partial charge in [0.25, 0.3) is 5.56 Å². The monoisotopic (exact) mass is 509 g/mol. The third kappa shape index (κ3) is 4.09. The Balaban J connectivity index is 1.42. The number of nitrogens with zero attached hydrogens (tertiary/aromatic N) is 3. The summed E-state index contributed by atoms with van der Waals surface area (Å²) in [5.41, 5.74) is 1.43. The van der Waals surface area contributed by atoms with Crippen LogP contribution in [0, 0.1) is 0 Å². The number of hydrogen-bond acceptors (Lipinski definition) is 6. The molecule has 6 rings (SSSR count). The second-order valence-electron chi connectivity index (χ2n) is 8.16. The number of para-hydroxylation sites is 2. The fraction of sp³-hybridized carbons (Fsp3) is 0. The first-order valence-corrected chi connectivity index (χ1v) is 11.5. The Bertz CT molecular complexity index is 1880. The third-order valence-corrected chi connectivity index (χ3v) is 6.12. The molecular formula is C28H16ClN3O5. The van der Waals surface area contributed by atoms with E-state index in [1.54, 1.807) is 36.4 Å². The summed E-state index contributed by atoms with van der Waals surface area (Å²) in [6, 6.07) is 24.3. The number of hydrogen-bond donors (Lipinski definition) is 1. The fourth-order valence-electron chi connectivity index (χ4n) is 4.02. The first kappa shape index (κ1) is 22.5. The van der Waals surface area contributed by atoms with Crippen LogP contribution in [0.3, 0.4) is 0 Å². The largest absolute Gasteiger partial charge is 0.478 e. The topological polar surface area (TPSA) is 111 Å². The number of carbonyl (C=O) groups is 1. The number of benzene rings is 3. The predicted molar refractivity (Wildman–Crippen MR) is 140 cm³/mol. The van der Waals surface area contributed by atoms with E-state index in [0.29, 0.717) is 39.3 Å². The molecule has 0 unspecified atom stereocenters. The van der Waals surface area contributed by atoms with Crippen LogP contribution >= 0.6 is 11.6 Å². The van der Waals surface area contributed by atoms with Gasteiger partial charge in [-0.1, -0.05) is 48.0 Å². The highest BCUT2D eigenvalue weighted by Crippen LogP contribution is 2.28. The summed E-state index contributed by atoms with van der Waals surface area (Å²) in [6.45, 7) is 0. The van der Waals surface area contributed by atoms with E-state index in [2.05, 4.69) is 10.1 Å². The molecule has 1 N–H and O–H groups in total. The minimum absolute atomic E-state index is 0.0000506. The Labute approximate surface area is 213 Å². The number of rotatable bonds is 5. The van der Waals surface area contributed by atoms with Crippen LogP contribution in [-0.4, -0.2) is 27.0 Å². The van der Waals surface area contributed by atoms with Gasteiger partial charge in [-0.2, -0.15) is 9.78 Å². The average molecular weight is 510 g/mol. The van der Waals surface area contributed by atoms with Crippen molar-refractivity contribution in [1.82, 2.24) is 9.66 Å². The molecule has 3 heterocycles. The zero-order valence-electron chi connectivity index (χ0n) is 19.0. The smallest absolute Gasteiger partial charge is 0.337 e. The summed E-state index contributed by atoms with van der Waals surface area (Å²) in [7, 11) is 0. The molecule has 0 aliphatic carbocycles. The zero-order chi connectivity index (χ0) is 25.5. The van der Waals surface area contributed by atoms with E-state index in [9.17, 15) is 14.7 Å². The fourth-order valence-corrected chi connectivity index (χ4v) is 4.28. The zero-order valence-corrected chi connectivity index (χ0v) is 19.7. The van der Waals surface area contributed by atoms with E-state index in [1.807, 2.05) is 36.4 Å². The van der Waals surface area contributed by atoms with Crippen molar-refractivity contribution in [3.05, 3.63) is 112 Å². The van der Waals surface area contributed by atoms with Crippen molar-refractivity contribution < 1.29 is 18.7 Å². The first-order valence-electron chi connectivity index (χ1n) is 11.2. The predicted octanol–water partition coefficient (Wildman–Crippen LogP) is 6.30. The second kappa shape index (κ2) is 8.92. The number of aromatic carboxylic acids is 1. The van der Waals surface area contributed by atoms with Crippen molar-refractivity contribution in [2.24, 2.45) is 5.10 Å². The Hall–Kier alpha value is -4.95. The van der Waals surface area contributed by atoms with Crippen molar-refractivity contribution in [3.8, 4) is 22.9 Å². The number of carboxylic acids is 1. The van der Waals surface area contributed by atoms with Gasteiger partial charge < -0.3 is 13.9 Å². The van der Waals surface area contributed by atoms with Crippen molar-refractivity contribution >= 4 is 45.7 Å². The molecule has 0 atom stereocenters. The van der Waals surface area contributed by atoms with Crippen molar-refractivity contribution in [3.63, 3.8) is 0 Å². The molecule has 3 aromatic carbocycles. The molecule has 0 bridgehead atoms. The van der Waals surface area contributed by atoms with Gasteiger partial charge in [-0.15, -0.1) is 0 Å². The summed E-state index contributed by atoms with van der Waals surface area (Å²) in [5.74, 6) is 0.359. The quantitative estimate of drug-likeness (QED) is 0.273. The lowest BCUT2D eigenvalue weighted by Gasteiger charge is -2.06. The van der Waals surface area contributed by atoms with E-state index >= 15 is 0 Å². The third-order valence-electron chi connectivity index (χ3n) is 5.81. The normalized spacial score (nSPS) is 11.6. The van der Waals surface area contributed by atoms with Gasteiger partial charge in [0.2, 0.25) is 5.82 Å². The minimum atomic E-state index is -1.11. The molecule has 0 saturated carbocycles. The van der Waals surface area contributed by atoms with E-state index in [4.69, 9.17) is 20.4 Å². The summed E-state index contributed by atoms with van der Waals surface area (Å²) in [6.07, 6.45) is 1.40. The standard InChI is InChI=1S/C28H16ClN3O5/c29-21-13-17(9-11-19(21)28(34)35)24-12-10-18(36-24)15-30-32-26(25-14-16-5-1-4-8-23(16)37-25)31-22-7-3-2-6-20(22)27(32)33/h1-15H,(H,34,35). The van der Waals surface area contributed by atoms with Crippen LogP contribution in [0.5, 0.6) is 0 Å². The van der Waals surface area contributed by atoms with Gasteiger partial charge in [0.05, 0.1) is 27.7 Å². The molecule has 9 heteroatoms. The molecule has 37 heavy (non-hydrogen) atoms. The van der Waals surface area contributed by atoms with E-state index in [-0.39, 0.29) is 22.0 Å². The summed E-state index contributed by atoms with van der Waals surface area (Å²) < 4.78 is 13.0. The lowest BCUT2D eigenvalue weighted by atomic mass is 10.1. The molecule has 0 aliphatic heterocycles. The highest BCUT2D eigenvalue weighted by atomic mass is 35.5. The van der Waals surface area contributed by atoms with Crippen molar-refractivity contribution in [2.75, 3.05) is 0 Å². The van der Waals surface area contributed by atoms with Gasteiger partial charge >= 0.3 is 5.97 Å². The highest BCUT2D eigenvalue weighted by molar-refractivity contribution is 6.33. The number of carboxylic acid groups (broad SMARTS) is 1. The molecule has 0 amide bonds. The van der Waals surface area contributed by atoms with E-state index in [1.165, 1.54) is 23.0 Å². The SMILES string of the molecule is O=C(O)c1ccc(-c2ccc(C=Nn3c(-c4cc5ccccc5o4)nc4ccccc4c3=O)o2)cc1Cl. The Kier molecular flexibility index (Phi) is 5.43. The molecule has 6 aromatic rings. The number of halogens is 1. The molecule has 8 nitrogen and oxygen atoms in total. The van der Waals surface area contributed by atoms with Crippen LogP contribution in [0.25, 0.3) is 44.8 Å². The molecule has 0 aliphatic rings. The molecule has 0 saturated heterocycles. The number of fused-ring (bicyclic) bond motifs is 2. The summed E-state index contributed by atoms with van der Waals surface area (Å²) in [5, 5.41) is 15.0. The number of aromatic nitrogens is 2. The van der Waals surface area contributed by atoms with Gasteiger partial charge in [-0.3, -0.25) is 4.79 Å². The summed E-state index contributed by atoms with van der Waals surface area (Å²) in [4.78, 5) is 29.3. The van der Waals surface area contributed by atoms with Gasteiger partial charge in [0.1, 0.15) is 17.1 Å². The van der Waals surface area contributed by atoms with Crippen LogP contribution in [0.15, 0.2) is 104 Å². The molecule has 0 spiro atoms. The molecule has 3 aromatic heterocycles. The van der Waals surface area contributed by atoms with Crippen LogP contribution < -0.4 is 5.56 Å². The average Bonchev–Trinajstić information content (AvgIpc) is 3.55. The Morgan fingerprint density at radius 2 is 1.76 bits per heavy atom. The minimum Gasteiger partial charge on any atom is -0.478 e. The lowest BCUT2D eigenvalue weighted by Crippen LogP contribution is -2.20. The Morgan fingerprint density at radius 3 is 2.57 bits per heavy atom. The van der Waals surface area contributed by atoms with Crippen LogP contribution in [0.1, 0.15) is 16.1 Å². The molecule has 0 fully saturated rings. The van der Waals surface area contributed by atoms with Gasteiger partial charge in [-0.05, 0) is 48.5 Å². The maximum absolute atomic E-state index is 13.4. The second-order valence-corrected chi connectivity index (χ2v) is 8.57. The Morgan fingerprint density at radius 1 is 0.946 bits per heavy atom. The van der Waals surface area contributed by atoms with Crippen LogP contribution in [0.2, 0.25) is 5.02 Å².